The maximum Gasteiger partial charge on any atom is 0.229 e. The molecule has 136 valence electrons. The molecule has 1 aromatic heterocycles. The van der Waals surface area contributed by atoms with Crippen molar-refractivity contribution < 1.29 is 9.59 Å². The van der Waals surface area contributed by atoms with Crippen molar-refractivity contribution in [1.29, 1.82) is 0 Å². The van der Waals surface area contributed by atoms with Gasteiger partial charge in [-0.2, -0.15) is 0 Å². The number of aromatic nitrogens is 1. The number of aryl methyl sites for hydroxylation is 1. The molecule has 1 aromatic carbocycles. The maximum absolute atomic E-state index is 12.8. The first-order valence-corrected chi connectivity index (χ1v) is 9.22. The first-order chi connectivity index (χ1) is 12.6. The third-order valence-corrected chi connectivity index (χ3v) is 4.82. The number of benzene rings is 1. The summed E-state index contributed by atoms with van der Waals surface area (Å²) in [5.74, 6) is -0.172. The van der Waals surface area contributed by atoms with Crippen molar-refractivity contribution in [1.82, 2.24) is 10.3 Å². The predicted octanol–water partition coefficient (Wildman–Crippen LogP) is 3.73. The molecule has 0 aliphatic carbocycles. The highest BCUT2D eigenvalue weighted by Gasteiger charge is 2.23. The van der Waals surface area contributed by atoms with Crippen LogP contribution in [0.3, 0.4) is 0 Å². The topological polar surface area (TPSA) is 71.1 Å². The molecule has 2 aromatic rings. The van der Waals surface area contributed by atoms with E-state index in [-0.39, 0.29) is 23.8 Å². The van der Waals surface area contributed by atoms with Crippen LogP contribution in [0.5, 0.6) is 0 Å². The van der Waals surface area contributed by atoms with E-state index >= 15 is 0 Å². The van der Waals surface area contributed by atoms with Crippen LogP contribution in [-0.2, 0) is 16.0 Å². The first kappa shape index (κ1) is 18.1. The van der Waals surface area contributed by atoms with Gasteiger partial charge in [0, 0.05) is 18.3 Å². The van der Waals surface area contributed by atoms with Crippen LogP contribution in [0.4, 0.5) is 5.69 Å². The van der Waals surface area contributed by atoms with Crippen LogP contribution in [-0.4, -0.2) is 16.8 Å². The highest BCUT2D eigenvalue weighted by molar-refractivity contribution is 5.94. The fraction of sp³-hybridized carbons (Fsp3) is 0.381. The summed E-state index contributed by atoms with van der Waals surface area (Å²) in [6.07, 6.45) is 4.66. The summed E-state index contributed by atoms with van der Waals surface area (Å²) < 4.78 is 0. The molecular weight excluding hydrogens is 326 g/mol. The van der Waals surface area contributed by atoms with Crippen LogP contribution in [0, 0.1) is 0 Å². The van der Waals surface area contributed by atoms with Crippen molar-refractivity contribution in [3.05, 3.63) is 59.4 Å². The number of fused-ring (bicyclic) bond motifs is 1. The highest BCUT2D eigenvalue weighted by atomic mass is 16.2. The predicted molar refractivity (Wildman–Crippen MR) is 102 cm³/mol. The van der Waals surface area contributed by atoms with E-state index in [1.54, 1.807) is 6.20 Å². The van der Waals surface area contributed by atoms with E-state index in [4.69, 9.17) is 0 Å². The van der Waals surface area contributed by atoms with Gasteiger partial charge in [0.1, 0.15) is 0 Å². The maximum atomic E-state index is 12.8. The van der Waals surface area contributed by atoms with E-state index in [9.17, 15) is 9.59 Å². The molecule has 0 saturated carbocycles. The highest BCUT2D eigenvalue weighted by Crippen LogP contribution is 2.27. The van der Waals surface area contributed by atoms with Crippen LogP contribution in [0.2, 0.25) is 0 Å². The molecule has 1 aliphatic rings. The number of hydrogen-bond donors (Lipinski definition) is 2. The average Bonchev–Trinajstić information content (AvgIpc) is 2.66. The van der Waals surface area contributed by atoms with Gasteiger partial charge in [-0.15, -0.1) is 0 Å². The lowest BCUT2D eigenvalue weighted by Crippen LogP contribution is -2.32. The van der Waals surface area contributed by atoms with Crippen molar-refractivity contribution in [2.75, 3.05) is 5.32 Å². The molecule has 0 fully saturated rings. The Labute approximate surface area is 154 Å². The third kappa shape index (κ3) is 4.10. The number of carbonyl (C=O) groups excluding carboxylic acids is 2. The zero-order valence-electron chi connectivity index (χ0n) is 15.3. The molecule has 2 unspecified atom stereocenters. The molecule has 0 bridgehead atoms. The summed E-state index contributed by atoms with van der Waals surface area (Å²) in [5, 5.41) is 6.02. The Bertz CT molecular complexity index is 789. The number of nitrogens with zero attached hydrogens (tertiary/aromatic N) is 1. The Morgan fingerprint density at radius 3 is 2.85 bits per heavy atom. The molecule has 2 amide bonds. The number of pyridine rings is 1. The largest absolute Gasteiger partial charge is 0.349 e. The van der Waals surface area contributed by atoms with Gasteiger partial charge in [-0.05, 0) is 49.1 Å². The second kappa shape index (κ2) is 8.13. The van der Waals surface area contributed by atoms with E-state index in [0.29, 0.717) is 6.42 Å². The monoisotopic (exact) mass is 351 g/mol. The van der Waals surface area contributed by atoms with Crippen LogP contribution in [0.25, 0.3) is 0 Å². The van der Waals surface area contributed by atoms with Gasteiger partial charge in [-0.25, -0.2) is 0 Å². The fourth-order valence-electron chi connectivity index (χ4n) is 3.35. The molecule has 2 atom stereocenters. The zero-order chi connectivity index (χ0) is 18.5. The van der Waals surface area contributed by atoms with E-state index in [2.05, 4.69) is 28.6 Å². The lowest BCUT2D eigenvalue weighted by atomic mass is 9.95. The van der Waals surface area contributed by atoms with Gasteiger partial charge < -0.3 is 10.6 Å². The summed E-state index contributed by atoms with van der Waals surface area (Å²) in [7, 11) is 0. The van der Waals surface area contributed by atoms with Crippen molar-refractivity contribution in [2.45, 2.75) is 51.5 Å². The van der Waals surface area contributed by atoms with Crippen LogP contribution >= 0.6 is 0 Å². The van der Waals surface area contributed by atoms with Crippen LogP contribution < -0.4 is 10.6 Å². The molecule has 3 rings (SSSR count). The molecule has 0 radical (unpaired) electrons. The van der Waals surface area contributed by atoms with Crippen LogP contribution in [0.15, 0.2) is 42.6 Å². The number of carbonyl (C=O) groups is 2. The van der Waals surface area contributed by atoms with Gasteiger partial charge in [-0.3, -0.25) is 14.6 Å². The van der Waals surface area contributed by atoms with Crippen molar-refractivity contribution in [2.24, 2.45) is 0 Å². The van der Waals surface area contributed by atoms with Crippen molar-refractivity contribution in [3.8, 4) is 0 Å². The van der Waals surface area contributed by atoms with Gasteiger partial charge in [0.15, 0.2) is 0 Å². The molecule has 2 heterocycles. The molecule has 0 saturated heterocycles. The van der Waals surface area contributed by atoms with Crippen molar-refractivity contribution in [3.63, 3.8) is 0 Å². The molecule has 26 heavy (non-hydrogen) atoms. The zero-order valence-corrected chi connectivity index (χ0v) is 15.3. The summed E-state index contributed by atoms with van der Waals surface area (Å²) in [4.78, 5) is 28.7. The molecular formula is C21H25N3O2. The van der Waals surface area contributed by atoms with E-state index in [0.717, 1.165) is 41.8 Å². The Hall–Kier alpha value is -2.69. The quantitative estimate of drug-likeness (QED) is 0.833. The second-order valence-corrected chi connectivity index (χ2v) is 6.79. The van der Waals surface area contributed by atoms with E-state index in [1.807, 2.05) is 37.3 Å². The van der Waals surface area contributed by atoms with Gasteiger partial charge >= 0.3 is 0 Å². The summed E-state index contributed by atoms with van der Waals surface area (Å²) >= 11 is 0. The number of hydrogen-bond acceptors (Lipinski definition) is 3. The summed E-state index contributed by atoms with van der Waals surface area (Å²) in [5.41, 5.74) is 3.86. The third-order valence-electron chi connectivity index (χ3n) is 4.82. The standard InChI is InChI=1S/C21H25N3O2/c1-3-6-17(19-7-4-5-12-22-19)21(26)23-14(2)15-8-10-18-16(13-15)9-11-20(25)24-18/h4-5,7-8,10,12-14,17H,3,6,9,11H2,1-2H3,(H,23,26)(H,24,25). The SMILES string of the molecule is CCCC(C(=O)NC(C)c1ccc2c(c1)CCC(=O)N2)c1ccccn1. The van der Waals surface area contributed by atoms with E-state index < -0.39 is 0 Å². The summed E-state index contributed by atoms with van der Waals surface area (Å²) in [6, 6.07) is 11.5. The van der Waals surface area contributed by atoms with E-state index in [1.165, 1.54) is 0 Å². The van der Waals surface area contributed by atoms with Gasteiger partial charge in [0.05, 0.1) is 17.7 Å². The van der Waals surface area contributed by atoms with Gasteiger partial charge in [0.25, 0.3) is 0 Å². The fourth-order valence-corrected chi connectivity index (χ4v) is 3.35. The Balaban J connectivity index is 1.73. The Morgan fingerprint density at radius 2 is 2.12 bits per heavy atom. The van der Waals surface area contributed by atoms with Crippen LogP contribution in [0.1, 0.15) is 61.9 Å². The summed E-state index contributed by atoms with van der Waals surface area (Å²) in [6.45, 7) is 4.06. The molecule has 2 N–H and O–H groups in total. The average molecular weight is 351 g/mol. The number of anilines is 1. The van der Waals surface area contributed by atoms with Gasteiger partial charge in [-0.1, -0.05) is 31.5 Å². The molecule has 0 spiro atoms. The minimum Gasteiger partial charge on any atom is -0.349 e. The molecule has 5 nitrogen and oxygen atoms in total. The number of amides is 2. The molecule has 5 heteroatoms. The molecule has 1 aliphatic heterocycles. The van der Waals surface area contributed by atoms with Gasteiger partial charge in [0.2, 0.25) is 11.8 Å². The number of rotatable bonds is 6. The van der Waals surface area contributed by atoms with Crippen molar-refractivity contribution >= 4 is 17.5 Å². The second-order valence-electron chi connectivity index (χ2n) is 6.79. The lowest BCUT2D eigenvalue weighted by Gasteiger charge is -2.22. The first-order valence-electron chi connectivity index (χ1n) is 9.22. The number of nitrogens with one attached hydrogen (secondary N) is 2. The minimum atomic E-state index is -0.236. The smallest absolute Gasteiger partial charge is 0.229 e. The Morgan fingerprint density at radius 1 is 1.27 bits per heavy atom. The minimum absolute atomic E-state index is 0.00377. The Kier molecular flexibility index (Phi) is 5.66. The lowest BCUT2D eigenvalue weighted by molar-refractivity contribution is -0.123. The normalized spacial score (nSPS) is 15.5.